The minimum absolute atomic E-state index is 0.194. The van der Waals surface area contributed by atoms with Crippen molar-refractivity contribution in [3.8, 4) is 0 Å². The molecular formula is C15H17BrN2O2. The van der Waals surface area contributed by atoms with Crippen LogP contribution in [0.5, 0.6) is 0 Å². The van der Waals surface area contributed by atoms with Crippen molar-refractivity contribution in [3.05, 3.63) is 52.4 Å². The Morgan fingerprint density at radius 1 is 1.20 bits per heavy atom. The maximum absolute atomic E-state index is 11.8. The highest BCUT2D eigenvalue weighted by atomic mass is 79.9. The van der Waals surface area contributed by atoms with E-state index in [0.29, 0.717) is 17.0 Å². The van der Waals surface area contributed by atoms with E-state index < -0.39 is 0 Å². The average Bonchev–Trinajstić information content (AvgIpc) is 2.86. The van der Waals surface area contributed by atoms with Crippen LogP contribution in [-0.2, 0) is 6.42 Å². The number of halogens is 1. The van der Waals surface area contributed by atoms with E-state index in [4.69, 9.17) is 4.42 Å². The molecule has 106 valence electrons. The molecular weight excluding hydrogens is 320 g/mol. The number of amides is 1. The van der Waals surface area contributed by atoms with Gasteiger partial charge in [0.2, 0.25) is 0 Å². The second-order valence-electron chi connectivity index (χ2n) is 4.67. The molecule has 0 spiro atoms. The standard InChI is InChI=1S/C15H17BrN2O2/c1-18(2)12-5-3-11(4-6-12)9-10-17-15(19)13-7-8-14(16)20-13/h3-8H,9-10H2,1-2H3,(H,17,19). The van der Waals surface area contributed by atoms with Crippen LogP contribution in [0, 0.1) is 0 Å². The molecule has 1 aromatic heterocycles. The number of anilines is 1. The van der Waals surface area contributed by atoms with Gasteiger partial charge in [0.1, 0.15) is 0 Å². The minimum Gasteiger partial charge on any atom is -0.444 e. The fourth-order valence-electron chi connectivity index (χ4n) is 1.80. The Kier molecular flexibility index (Phi) is 4.84. The van der Waals surface area contributed by atoms with Crippen LogP contribution in [0.3, 0.4) is 0 Å². The van der Waals surface area contributed by atoms with E-state index in [0.717, 1.165) is 6.42 Å². The first-order valence-corrected chi connectivity index (χ1v) is 7.15. The van der Waals surface area contributed by atoms with Gasteiger partial charge in [-0.3, -0.25) is 4.79 Å². The van der Waals surface area contributed by atoms with Crippen LogP contribution >= 0.6 is 15.9 Å². The molecule has 2 rings (SSSR count). The van der Waals surface area contributed by atoms with E-state index in [1.54, 1.807) is 12.1 Å². The third-order valence-electron chi connectivity index (χ3n) is 2.95. The molecule has 1 N–H and O–H groups in total. The Labute approximate surface area is 126 Å². The van der Waals surface area contributed by atoms with Crippen molar-refractivity contribution in [2.24, 2.45) is 0 Å². The second-order valence-corrected chi connectivity index (χ2v) is 5.45. The van der Waals surface area contributed by atoms with Crippen molar-refractivity contribution in [3.63, 3.8) is 0 Å². The van der Waals surface area contributed by atoms with Gasteiger partial charge in [0, 0.05) is 26.3 Å². The molecule has 1 aromatic carbocycles. The van der Waals surface area contributed by atoms with Gasteiger partial charge in [-0.25, -0.2) is 0 Å². The van der Waals surface area contributed by atoms with Crippen LogP contribution in [0.25, 0.3) is 0 Å². The van der Waals surface area contributed by atoms with Gasteiger partial charge in [0.25, 0.3) is 5.91 Å². The normalized spacial score (nSPS) is 10.3. The first-order chi connectivity index (χ1) is 9.56. The van der Waals surface area contributed by atoms with Crippen LogP contribution < -0.4 is 10.2 Å². The Morgan fingerprint density at radius 3 is 2.45 bits per heavy atom. The summed E-state index contributed by atoms with van der Waals surface area (Å²) in [5, 5.41) is 2.83. The number of hydrogen-bond donors (Lipinski definition) is 1. The molecule has 1 amide bonds. The molecule has 0 saturated heterocycles. The van der Waals surface area contributed by atoms with E-state index in [9.17, 15) is 4.79 Å². The Morgan fingerprint density at radius 2 is 1.90 bits per heavy atom. The van der Waals surface area contributed by atoms with Crippen LogP contribution in [-0.4, -0.2) is 26.5 Å². The topological polar surface area (TPSA) is 45.5 Å². The van der Waals surface area contributed by atoms with E-state index in [1.807, 2.05) is 14.1 Å². The molecule has 1 heterocycles. The highest BCUT2D eigenvalue weighted by molar-refractivity contribution is 9.10. The van der Waals surface area contributed by atoms with Crippen molar-refractivity contribution >= 4 is 27.5 Å². The summed E-state index contributed by atoms with van der Waals surface area (Å²) in [4.78, 5) is 13.8. The quantitative estimate of drug-likeness (QED) is 0.912. The number of carbonyl (C=O) groups is 1. The summed E-state index contributed by atoms with van der Waals surface area (Å²) in [6.07, 6.45) is 0.793. The monoisotopic (exact) mass is 336 g/mol. The van der Waals surface area contributed by atoms with Crippen LogP contribution in [0.1, 0.15) is 16.1 Å². The minimum atomic E-state index is -0.194. The SMILES string of the molecule is CN(C)c1ccc(CCNC(=O)c2ccc(Br)o2)cc1. The molecule has 0 atom stereocenters. The first kappa shape index (κ1) is 14.7. The van der Waals surface area contributed by atoms with Gasteiger partial charge in [0.15, 0.2) is 10.4 Å². The second kappa shape index (κ2) is 6.61. The Balaban J connectivity index is 1.82. The zero-order valence-electron chi connectivity index (χ0n) is 11.5. The molecule has 0 aliphatic rings. The molecule has 0 aliphatic carbocycles. The van der Waals surface area contributed by atoms with Crippen molar-refractivity contribution in [1.82, 2.24) is 5.32 Å². The van der Waals surface area contributed by atoms with E-state index in [-0.39, 0.29) is 5.91 Å². The smallest absolute Gasteiger partial charge is 0.287 e. The van der Waals surface area contributed by atoms with Gasteiger partial charge in [-0.15, -0.1) is 0 Å². The van der Waals surface area contributed by atoms with Crippen molar-refractivity contribution in [2.45, 2.75) is 6.42 Å². The summed E-state index contributed by atoms with van der Waals surface area (Å²) < 4.78 is 5.75. The first-order valence-electron chi connectivity index (χ1n) is 6.36. The zero-order chi connectivity index (χ0) is 14.5. The third-order valence-corrected chi connectivity index (χ3v) is 3.38. The molecule has 0 radical (unpaired) electrons. The van der Waals surface area contributed by atoms with Gasteiger partial charge in [0.05, 0.1) is 0 Å². The maximum atomic E-state index is 11.8. The summed E-state index contributed by atoms with van der Waals surface area (Å²) in [6.45, 7) is 0.582. The fourth-order valence-corrected chi connectivity index (χ4v) is 2.11. The number of benzene rings is 1. The molecule has 0 aliphatic heterocycles. The van der Waals surface area contributed by atoms with Crippen molar-refractivity contribution in [2.75, 3.05) is 25.5 Å². The third kappa shape index (κ3) is 3.87. The summed E-state index contributed by atoms with van der Waals surface area (Å²) in [5.74, 6) is 0.125. The molecule has 5 heteroatoms. The van der Waals surface area contributed by atoms with Gasteiger partial charge in [-0.1, -0.05) is 12.1 Å². The summed E-state index contributed by atoms with van der Waals surface area (Å²) >= 11 is 3.17. The van der Waals surface area contributed by atoms with Gasteiger partial charge in [-0.2, -0.15) is 0 Å². The fraction of sp³-hybridized carbons (Fsp3) is 0.267. The predicted molar refractivity (Wildman–Crippen MR) is 83.2 cm³/mol. The lowest BCUT2D eigenvalue weighted by Gasteiger charge is -2.12. The number of furan rings is 1. The number of rotatable bonds is 5. The van der Waals surface area contributed by atoms with Gasteiger partial charge < -0.3 is 14.6 Å². The van der Waals surface area contributed by atoms with Crippen LogP contribution in [0.4, 0.5) is 5.69 Å². The lowest BCUT2D eigenvalue weighted by atomic mass is 10.1. The lowest BCUT2D eigenvalue weighted by molar-refractivity contribution is 0.0925. The van der Waals surface area contributed by atoms with Crippen molar-refractivity contribution < 1.29 is 9.21 Å². The van der Waals surface area contributed by atoms with Gasteiger partial charge >= 0.3 is 0 Å². The van der Waals surface area contributed by atoms with Crippen LogP contribution in [0.2, 0.25) is 0 Å². The van der Waals surface area contributed by atoms with Gasteiger partial charge in [-0.05, 0) is 52.2 Å². The lowest BCUT2D eigenvalue weighted by Crippen LogP contribution is -2.25. The summed E-state index contributed by atoms with van der Waals surface area (Å²) in [6, 6.07) is 11.6. The Bertz CT molecular complexity index is 576. The zero-order valence-corrected chi connectivity index (χ0v) is 13.1. The van der Waals surface area contributed by atoms with E-state index >= 15 is 0 Å². The number of nitrogens with one attached hydrogen (secondary N) is 1. The summed E-state index contributed by atoms with van der Waals surface area (Å²) in [7, 11) is 4.02. The molecule has 0 bridgehead atoms. The number of carbonyl (C=O) groups excluding carboxylic acids is 1. The Hall–Kier alpha value is -1.75. The number of nitrogens with zero attached hydrogens (tertiary/aromatic N) is 1. The van der Waals surface area contributed by atoms with E-state index in [1.165, 1.54) is 11.3 Å². The predicted octanol–water partition coefficient (Wildman–Crippen LogP) is 3.08. The average molecular weight is 337 g/mol. The molecule has 0 unspecified atom stereocenters. The highest BCUT2D eigenvalue weighted by Gasteiger charge is 2.09. The highest BCUT2D eigenvalue weighted by Crippen LogP contribution is 2.14. The number of hydrogen-bond acceptors (Lipinski definition) is 3. The summed E-state index contributed by atoms with van der Waals surface area (Å²) in [5.41, 5.74) is 2.36. The molecule has 20 heavy (non-hydrogen) atoms. The maximum Gasteiger partial charge on any atom is 0.287 e. The van der Waals surface area contributed by atoms with Crippen molar-refractivity contribution in [1.29, 1.82) is 0 Å². The van der Waals surface area contributed by atoms with E-state index in [2.05, 4.69) is 50.4 Å². The molecule has 0 saturated carbocycles. The molecule has 0 fully saturated rings. The molecule has 2 aromatic rings. The molecule has 4 nitrogen and oxygen atoms in total. The largest absolute Gasteiger partial charge is 0.444 e. The van der Waals surface area contributed by atoms with Crippen LogP contribution in [0.15, 0.2) is 45.5 Å².